The van der Waals surface area contributed by atoms with Gasteiger partial charge < -0.3 is 19.8 Å². The van der Waals surface area contributed by atoms with Gasteiger partial charge in [0.25, 0.3) is 0 Å². The number of hydrogen-bond donors (Lipinski definition) is 1. The first-order valence-corrected chi connectivity index (χ1v) is 10.2. The van der Waals surface area contributed by atoms with Crippen molar-refractivity contribution in [1.29, 1.82) is 0 Å². The van der Waals surface area contributed by atoms with Crippen LogP contribution in [0, 0.1) is 0 Å². The molecule has 0 saturated carbocycles. The molecule has 3 N–H and O–H groups in total. The second-order valence-corrected chi connectivity index (χ2v) is 8.44. The van der Waals surface area contributed by atoms with Crippen molar-refractivity contribution in [2.75, 3.05) is 0 Å². The van der Waals surface area contributed by atoms with Gasteiger partial charge in [-0.1, -0.05) is 40.2 Å². The van der Waals surface area contributed by atoms with Crippen molar-refractivity contribution in [3.63, 3.8) is 0 Å². The van der Waals surface area contributed by atoms with E-state index in [0.717, 1.165) is 10.0 Å². The number of halogens is 1. The van der Waals surface area contributed by atoms with E-state index in [4.69, 9.17) is 0 Å². The molecule has 2 aromatic rings. The molecule has 0 spiro atoms. The normalized spacial score (nSPS) is 14.5. The summed E-state index contributed by atoms with van der Waals surface area (Å²) in [5.74, 6) is -3.80. The average molecular weight is 514 g/mol. The van der Waals surface area contributed by atoms with Gasteiger partial charge in [0.15, 0.2) is 0 Å². The molecule has 3 rings (SSSR count). The van der Waals surface area contributed by atoms with Crippen LogP contribution in [0.1, 0.15) is 29.9 Å². The molecule has 13 heteroatoms. The molecule has 0 bridgehead atoms. The summed E-state index contributed by atoms with van der Waals surface area (Å²) in [6.45, 7) is 1.71. The maximum atomic E-state index is 12.0. The van der Waals surface area contributed by atoms with Crippen molar-refractivity contribution in [3.8, 4) is 0 Å². The van der Waals surface area contributed by atoms with Crippen LogP contribution in [0.15, 0.2) is 56.9 Å². The molecule has 9 nitrogen and oxygen atoms in total. The van der Waals surface area contributed by atoms with Gasteiger partial charge in [-0.2, -0.15) is 0 Å². The summed E-state index contributed by atoms with van der Waals surface area (Å²) in [7, 11) is -5.18. The van der Waals surface area contributed by atoms with Crippen LogP contribution in [0.4, 0.5) is 0 Å². The van der Waals surface area contributed by atoms with Gasteiger partial charge in [-0.3, -0.25) is 14.9 Å². The van der Waals surface area contributed by atoms with E-state index in [1.807, 2.05) is 0 Å². The molecular formula is C17H15BrN3Na2O6P. The Morgan fingerprint density at radius 1 is 1.00 bits per heavy atom. The second-order valence-electron chi connectivity index (χ2n) is 5.93. The zero-order valence-corrected chi connectivity index (χ0v) is 22.9. The SMILES string of the molecule is C[C@H](NC(c1cccc2c1=NC(=O)C(=O)N=2)P(=O)([O-])[O-])c1ccc(Br)cc1.O.[Na+].[Na+]. The Balaban J connectivity index is 0.00000280. The Bertz CT molecular complexity index is 1090. The number of para-hydroxylation sites is 1. The molecule has 0 radical (unpaired) electrons. The van der Waals surface area contributed by atoms with E-state index < -0.39 is 31.2 Å². The maximum absolute atomic E-state index is 12.0. The van der Waals surface area contributed by atoms with Crippen LogP contribution in [0.5, 0.6) is 0 Å². The second kappa shape index (κ2) is 12.2. The Labute approximate surface area is 224 Å². The third-order valence-corrected chi connectivity index (χ3v) is 5.64. The van der Waals surface area contributed by atoms with Crippen LogP contribution in [-0.2, 0) is 14.2 Å². The summed E-state index contributed by atoms with van der Waals surface area (Å²) in [5.41, 5.74) is 0.740. The van der Waals surface area contributed by atoms with E-state index in [0.29, 0.717) is 0 Å². The fraction of sp³-hybridized carbons (Fsp3) is 0.176. The van der Waals surface area contributed by atoms with Crippen LogP contribution >= 0.6 is 23.5 Å². The minimum atomic E-state index is -5.18. The van der Waals surface area contributed by atoms with E-state index in [1.165, 1.54) is 18.2 Å². The molecule has 0 saturated heterocycles. The van der Waals surface area contributed by atoms with Gasteiger partial charge >= 0.3 is 70.9 Å². The number of rotatable bonds is 5. The van der Waals surface area contributed by atoms with E-state index in [-0.39, 0.29) is 80.9 Å². The zero-order valence-electron chi connectivity index (χ0n) is 16.5. The molecule has 0 aromatic heterocycles. The van der Waals surface area contributed by atoms with Crippen LogP contribution < -0.4 is 84.9 Å². The van der Waals surface area contributed by atoms with Crippen molar-refractivity contribution < 1.29 is 88.5 Å². The Morgan fingerprint density at radius 3 is 2.13 bits per heavy atom. The minimum Gasteiger partial charge on any atom is -0.809 e. The summed E-state index contributed by atoms with van der Waals surface area (Å²) < 4.78 is 12.8. The number of nitrogens with one attached hydrogen (secondary N) is 1. The summed E-state index contributed by atoms with van der Waals surface area (Å²) in [4.78, 5) is 54.2. The Hall–Kier alpha value is -0.0700. The minimum absolute atomic E-state index is 0. The van der Waals surface area contributed by atoms with E-state index in [2.05, 4.69) is 31.2 Å². The molecule has 148 valence electrons. The van der Waals surface area contributed by atoms with Gasteiger partial charge in [-0.15, -0.1) is 0 Å². The molecule has 2 amide bonds. The third kappa shape index (κ3) is 6.96. The van der Waals surface area contributed by atoms with E-state index >= 15 is 0 Å². The number of benzene rings is 2. The molecule has 0 fully saturated rings. The summed E-state index contributed by atoms with van der Waals surface area (Å²) in [5, 5.41) is 2.75. The number of hydrogen-bond acceptors (Lipinski definition) is 6. The molecule has 0 aliphatic carbocycles. The van der Waals surface area contributed by atoms with Crippen molar-refractivity contribution in [2.24, 2.45) is 9.98 Å². The third-order valence-electron chi connectivity index (χ3n) is 4.05. The monoisotopic (exact) mass is 513 g/mol. The van der Waals surface area contributed by atoms with Gasteiger partial charge in [0.2, 0.25) is 0 Å². The first kappa shape index (κ1) is 29.9. The number of carbonyl (C=O) groups is 2. The molecule has 1 aliphatic rings. The average Bonchev–Trinajstić information content (AvgIpc) is 2.60. The van der Waals surface area contributed by atoms with Crippen molar-refractivity contribution in [2.45, 2.75) is 18.7 Å². The van der Waals surface area contributed by atoms with Crippen molar-refractivity contribution >= 4 is 35.3 Å². The fourth-order valence-electron chi connectivity index (χ4n) is 2.72. The number of nitrogens with zero attached hydrogens (tertiary/aromatic N) is 2. The van der Waals surface area contributed by atoms with Gasteiger partial charge in [-0.25, -0.2) is 9.98 Å². The molecule has 2 atom stereocenters. The van der Waals surface area contributed by atoms with Gasteiger partial charge in [-0.05, 0) is 38.3 Å². The zero-order chi connectivity index (χ0) is 19.8. The van der Waals surface area contributed by atoms with Crippen molar-refractivity contribution in [1.82, 2.24) is 5.32 Å². The number of fused-ring (bicyclic) bond motifs is 1. The maximum Gasteiger partial charge on any atom is 1.00 e. The summed E-state index contributed by atoms with van der Waals surface area (Å²) in [6.07, 6.45) is 0. The molecule has 1 aliphatic heterocycles. The van der Waals surface area contributed by atoms with Gasteiger partial charge in [0.05, 0.1) is 16.5 Å². The molecule has 1 heterocycles. The van der Waals surface area contributed by atoms with Crippen LogP contribution in [0.2, 0.25) is 0 Å². The van der Waals surface area contributed by atoms with Crippen LogP contribution in [0.3, 0.4) is 0 Å². The fourth-order valence-corrected chi connectivity index (χ4v) is 3.94. The first-order valence-electron chi connectivity index (χ1n) is 7.85. The smallest absolute Gasteiger partial charge is 0.809 e. The predicted octanol–water partition coefficient (Wildman–Crippen LogP) is -6.80. The first-order chi connectivity index (χ1) is 12.7. The van der Waals surface area contributed by atoms with E-state index in [9.17, 15) is 23.9 Å². The molecule has 30 heavy (non-hydrogen) atoms. The topological polar surface area (TPSA) is 166 Å². The number of amides is 2. The van der Waals surface area contributed by atoms with E-state index in [1.54, 1.807) is 31.2 Å². The Kier molecular flexibility index (Phi) is 12.2. The standard InChI is InChI=1S/C17H15BrN3O5P.2Na.H2O/c1-9(10-5-7-11(18)8-6-10)19-17(27(24,25)26)12-3-2-4-13-14(12)21-16(23)15(22)20-13;;;/h2-9,17,19H,1H3,(H2,24,25,26);;;1H2/q;2*+1;/p-2/t9-,17?;;;/m0.../s1. The van der Waals surface area contributed by atoms with Gasteiger partial charge in [0.1, 0.15) is 0 Å². The molecular weight excluding hydrogens is 499 g/mol. The summed E-state index contributed by atoms with van der Waals surface area (Å²) in [6, 6.07) is 10.9. The predicted molar refractivity (Wildman–Crippen MR) is 98.4 cm³/mol. The largest absolute Gasteiger partial charge is 1.00 e. The van der Waals surface area contributed by atoms with Crippen LogP contribution in [-0.4, -0.2) is 17.3 Å². The van der Waals surface area contributed by atoms with Crippen molar-refractivity contribution in [3.05, 3.63) is 68.8 Å². The molecule has 1 unspecified atom stereocenters. The Morgan fingerprint density at radius 2 is 1.57 bits per heavy atom. The molecule has 2 aromatic carbocycles. The van der Waals surface area contributed by atoms with Gasteiger partial charge in [0, 0.05) is 16.1 Å². The summed E-state index contributed by atoms with van der Waals surface area (Å²) >= 11 is 3.32. The quantitative estimate of drug-likeness (QED) is 0.237. The van der Waals surface area contributed by atoms with Crippen LogP contribution in [0.25, 0.3) is 0 Å². The number of carbonyl (C=O) groups excluding carboxylic acids is 2.